The van der Waals surface area contributed by atoms with Gasteiger partial charge in [-0.3, -0.25) is 9.59 Å². The molecule has 29 heavy (non-hydrogen) atoms. The molecule has 0 saturated heterocycles. The number of carbonyl (C=O) groups is 4. The van der Waals surface area contributed by atoms with Crippen LogP contribution in [0.15, 0.2) is 48.5 Å². The number of phenolic OH excluding ortho intramolecular Hbond substituents is 2. The fourth-order valence-electron chi connectivity index (χ4n) is 1.45. The molecule has 0 unspecified atom stereocenters. The van der Waals surface area contributed by atoms with E-state index in [4.69, 9.17) is 10.2 Å². The second-order valence-electron chi connectivity index (χ2n) is 4.58. The SMILES string of the molecule is O=C([O-])C(=O)Nc1ccc(O)cc1.O=C([O-])C(=O)Nc1ccc(O)cc1.[OH3+].[OH3+].[Zn+2]. The van der Waals surface area contributed by atoms with Crippen LogP contribution in [0.2, 0.25) is 0 Å². The molecule has 2 rings (SSSR count). The Morgan fingerprint density at radius 1 is 0.621 bits per heavy atom. The third kappa shape index (κ3) is 11.7. The molecule has 2 amide bonds. The van der Waals surface area contributed by atoms with Gasteiger partial charge >= 0.3 is 19.5 Å². The van der Waals surface area contributed by atoms with Gasteiger partial charge in [0.15, 0.2) is 0 Å². The predicted octanol–water partition coefficient (Wildman–Crippen LogP) is -3.69. The van der Waals surface area contributed by atoms with Crippen LogP contribution in [-0.2, 0) is 49.6 Å². The number of benzene rings is 2. The molecule has 0 radical (unpaired) electrons. The normalized spacial score (nSPS) is 8.28. The van der Waals surface area contributed by atoms with E-state index in [1.54, 1.807) is 0 Å². The summed E-state index contributed by atoms with van der Waals surface area (Å²) in [5, 5.41) is 41.8. The number of anilines is 2. The molecule has 2 aromatic carbocycles. The quantitative estimate of drug-likeness (QED) is 0.149. The van der Waals surface area contributed by atoms with E-state index in [1.807, 2.05) is 0 Å². The summed E-state index contributed by atoms with van der Waals surface area (Å²) >= 11 is 0. The summed E-state index contributed by atoms with van der Waals surface area (Å²) in [7, 11) is 0. The molecule has 0 aliphatic heterocycles. The van der Waals surface area contributed by atoms with Crippen molar-refractivity contribution in [1.82, 2.24) is 0 Å². The van der Waals surface area contributed by atoms with Crippen LogP contribution < -0.4 is 20.8 Å². The van der Waals surface area contributed by atoms with Crippen LogP contribution in [0.3, 0.4) is 0 Å². The maximum Gasteiger partial charge on any atom is 2.00 e. The van der Waals surface area contributed by atoms with Gasteiger partial charge in [0.25, 0.3) is 11.8 Å². The largest absolute Gasteiger partial charge is 2.00 e. The fourth-order valence-corrected chi connectivity index (χ4v) is 1.45. The molecule has 0 bridgehead atoms. The van der Waals surface area contributed by atoms with Gasteiger partial charge in [-0.2, -0.15) is 0 Å². The van der Waals surface area contributed by atoms with Crippen molar-refractivity contribution in [1.29, 1.82) is 0 Å². The molecule has 152 valence electrons. The number of hydrogen-bond donors (Lipinski definition) is 4. The first-order valence-corrected chi connectivity index (χ1v) is 6.81. The molecule has 10 N–H and O–H groups in total. The van der Waals surface area contributed by atoms with Crippen molar-refractivity contribution in [3.05, 3.63) is 48.5 Å². The predicted molar refractivity (Wildman–Crippen MR) is 93.2 cm³/mol. The molecule has 0 atom stereocenters. The summed E-state index contributed by atoms with van der Waals surface area (Å²) in [5.74, 6) is -5.96. The zero-order valence-electron chi connectivity index (χ0n) is 14.8. The fraction of sp³-hybridized carbons (Fsp3) is 0. The van der Waals surface area contributed by atoms with Crippen LogP contribution in [0, 0.1) is 0 Å². The molecule has 0 saturated carbocycles. The molecule has 0 aromatic heterocycles. The van der Waals surface area contributed by atoms with Crippen molar-refractivity contribution < 1.29 is 70.0 Å². The number of nitrogens with one attached hydrogen (secondary N) is 2. The van der Waals surface area contributed by atoms with E-state index in [9.17, 15) is 29.4 Å². The first-order chi connectivity index (χ1) is 12.2. The van der Waals surface area contributed by atoms with Crippen LogP contribution in [0.1, 0.15) is 0 Å². The summed E-state index contributed by atoms with van der Waals surface area (Å²) in [6.07, 6.45) is 0. The van der Waals surface area contributed by atoms with Crippen molar-refractivity contribution in [2.75, 3.05) is 10.6 Å². The minimum atomic E-state index is -1.80. The monoisotopic (exact) mass is 462 g/mol. The van der Waals surface area contributed by atoms with Crippen LogP contribution in [0.4, 0.5) is 11.4 Å². The number of phenols is 2. The Kier molecular flexibility index (Phi) is 15.1. The van der Waals surface area contributed by atoms with Gasteiger partial charge in [0.2, 0.25) is 0 Å². The van der Waals surface area contributed by atoms with Gasteiger partial charge in [0.05, 0.1) is 0 Å². The number of aromatic hydroxyl groups is 2. The first kappa shape index (κ1) is 30.2. The molecule has 13 heteroatoms. The number of carbonyl (C=O) groups excluding carboxylic acids is 4. The van der Waals surface area contributed by atoms with Crippen molar-refractivity contribution >= 4 is 35.1 Å². The number of amides is 2. The molecule has 0 heterocycles. The second-order valence-corrected chi connectivity index (χ2v) is 4.58. The Bertz CT molecular complexity index is 740. The maximum absolute atomic E-state index is 10.6. The van der Waals surface area contributed by atoms with E-state index in [2.05, 4.69) is 10.6 Å². The van der Waals surface area contributed by atoms with E-state index in [1.165, 1.54) is 48.5 Å². The van der Waals surface area contributed by atoms with Crippen molar-refractivity contribution in [2.24, 2.45) is 0 Å². The molecule has 2 aromatic rings. The smallest absolute Gasteiger partial charge is 0.540 e. The van der Waals surface area contributed by atoms with Crippen molar-refractivity contribution in [3.63, 3.8) is 0 Å². The topological polar surface area (TPSA) is 245 Å². The Labute approximate surface area is 176 Å². The molecule has 0 aliphatic carbocycles. The van der Waals surface area contributed by atoms with Gasteiger partial charge < -0.3 is 51.6 Å². The minimum Gasteiger partial charge on any atom is -0.540 e. The van der Waals surface area contributed by atoms with Crippen LogP contribution in [0.5, 0.6) is 11.5 Å². The Morgan fingerprint density at radius 3 is 1.07 bits per heavy atom. The van der Waals surface area contributed by atoms with E-state index < -0.39 is 23.8 Å². The average molecular weight is 464 g/mol. The summed E-state index contributed by atoms with van der Waals surface area (Å²) < 4.78 is 0. The number of carboxylic acids is 2. The zero-order valence-corrected chi connectivity index (χ0v) is 17.8. The van der Waals surface area contributed by atoms with Gasteiger partial charge in [-0.1, -0.05) is 0 Å². The zero-order chi connectivity index (χ0) is 19.7. The number of rotatable bonds is 2. The summed E-state index contributed by atoms with van der Waals surface area (Å²) in [4.78, 5) is 41.1. The van der Waals surface area contributed by atoms with Crippen LogP contribution in [0.25, 0.3) is 0 Å². The number of hydrogen-bond acceptors (Lipinski definition) is 8. The minimum absolute atomic E-state index is 0. The molecule has 12 nitrogen and oxygen atoms in total. The van der Waals surface area contributed by atoms with Gasteiger partial charge in [0.1, 0.15) is 23.4 Å². The maximum atomic E-state index is 10.6. The standard InChI is InChI=1S/2C8H7NO4.2H2O.Zn/c2*10-6-3-1-5(2-4-6)9-7(11)8(12)13;;;/h2*1-4,10H,(H,9,11)(H,12,13);2*1H2;/q;;;;+2. The molecule has 0 spiro atoms. The molecule has 0 aliphatic rings. The van der Waals surface area contributed by atoms with Crippen molar-refractivity contribution in [3.8, 4) is 11.5 Å². The van der Waals surface area contributed by atoms with Gasteiger partial charge in [-0.05, 0) is 48.5 Å². The summed E-state index contributed by atoms with van der Waals surface area (Å²) in [6, 6.07) is 10.8. The van der Waals surface area contributed by atoms with E-state index in [0.717, 1.165) is 0 Å². The third-order valence-electron chi connectivity index (χ3n) is 2.62. The van der Waals surface area contributed by atoms with Crippen molar-refractivity contribution in [2.45, 2.75) is 0 Å². The average Bonchev–Trinajstić information content (AvgIpc) is 2.59. The van der Waals surface area contributed by atoms with E-state index >= 15 is 0 Å². The number of carboxylic acid groups (broad SMARTS) is 2. The molecular formula is C16H18N2O10Zn+2. The van der Waals surface area contributed by atoms with E-state index in [-0.39, 0.29) is 53.3 Å². The Morgan fingerprint density at radius 2 is 0.862 bits per heavy atom. The van der Waals surface area contributed by atoms with Crippen LogP contribution in [-0.4, -0.2) is 34.0 Å². The summed E-state index contributed by atoms with van der Waals surface area (Å²) in [6.45, 7) is 0. The van der Waals surface area contributed by atoms with Gasteiger partial charge in [-0.15, -0.1) is 0 Å². The molecule has 0 fully saturated rings. The Balaban J connectivity index is -0.000000422. The Hall–Kier alpha value is -3.54. The van der Waals surface area contributed by atoms with Crippen LogP contribution >= 0.6 is 0 Å². The second kappa shape index (κ2) is 14.5. The summed E-state index contributed by atoms with van der Waals surface area (Å²) in [5.41, 5.74) is 0.569. The van der Waals surface area contributed by atoms with Gasteiger partial charge in [0, 0.05) is 11.4 Å². The molecular weight excluding hydrogens is 446 g/mol. The van der Waals surface area contributed by atoms with E-state index in [0.29, 0.717) is 0 Å². The number of aliphatic carboxylic acids is 2. The first-order valence-electron chi connectivity index (χ1n) is 6.81. The third-order valence-corrected chi connectivity index (χ3v) is 2.62. The van der Waals surface area contributed by atoms with Gasteiger partial charge in [-0.25, -0.2) is 0 Å².